The molecule has 0 aromatic carbocycles. The molecule has 1 aliphatic heterocycles. The van der Waals surface area contributed by atoms with Crippen LogP contribution in [0.25, 0.3) is 0 Å². The van der Waals surface area contributed by atoms with Crippen LogP contribution in [0.3, 0.4) is 0 Å². The number of rotatable bonds is 4. The van der Waals surface area contributed by atoms with Crippen LogP contribution in [-0.2, 0) is 13.6 Å². The van der Waals surface area contributed by atoms with E-state index in [1.807, 2.05) is 25.6 Å². The Balaban J connectivity index is 0.00000264. The summed E-state index contributed by atoms with van der Waals surface area (Å²) in [6.07, 6.45) is 5.08. The minimum atomic E-state index is 0. The molecule has 1 atom stereocenters. The molecule has 7 heteroatoms. The predicted octanol–water partition coefficient (Wildman–Crippen LogP) is 2.72. The lowest BCUT2D eigenvalue weighted by Crippen LogP contribution is -2.49. The maximum absolute atomic E-state index is 4.46. The van der Waals surface area contributed by atoms with Crippen LogP contribution in [0.1, 0.15) is 51.2 Å². The molecule has 0 radical (unpaired) electrons. The lowest BCUT2D eigenvalue weighted by molar-refractivity contribution is 0.142. The molecule has 0 bridgehead atoms. The van der Waals surface area contributed by atoms with Gasteiger partial charge in [0, 0.05) is 27.2 Å². The molecule has 1 saturated heterocycles. The summed E-state index contributed by atoms with van der Waals surface area (Å²) >= 11 is 0. The van der Waals surface area contributed by atoms with Crippen molar-refractivity contribution in [1.29, 1.82) is 0 Å². The first kappa shape index (κ1) is 20.2. The minimum absolute atomic E-state index is 0. The number of guanidine groups is 1. The first-order valence-electron chi connectivity index (χ1n) is 8.29. The Hall–Kier alpha value is -0.860. The van der Waals surface area contributed by atoms with E-state index in [1.54, 1.807) is 0 Å². The van der Waals surface area contributed by atoms with Crippen molar-refractivity contribution in [3.63, 3.8) is 0 Å². The van der Waals surface area contributed by atoms with Crippen LogP contribution < -0.4 is 5.32 Å². The highest BCUT2D eigenvalue weighted by Crippen LogP contribution is 2.33. The van der Waals surface area contributed by atoms with E-state index < -0.39 is 0 Å². The number of nitrogens with one attached hydrogen (secondary N) is 1. The third-order valence-electron chi connectivity index (χ3n) is 4.73. The second-order valence-electron chi connectivity index (χ2n) is 6.71. The third kappa shape index (κ3) is 5.06. The quantitative estimate of drug-likeness (QED) is 0.450. The van der Waals surface area contributed by atoms with Crippen LogP contribution in [-0.4, -0.2) is 45.8 Å². The summed E-state index contributed by atoms with van der Waals surface area (Å²) in [5.41, 5.74) is 0.409. The van der Waals surface area contributed by atoms with E-state index in [-0.39, 0.29) is 24.0 Å². The first-order valence-corrected chi connectivity index (χ1v) is 8.29. The Morgan fingerprint density at radius 2 is 2.13 bits per heavy atom. The molecular formula is C16H31IN6. The van der Waals surface area contributed by atoms with Gasteiger partial charge in [0.15, 0.2) is 11.8 Å². The fourth-order valence-corrected chi connectivity index (χ4v) is 3.40. The van der Waals surface area contributed by atoms with E-state index in [2.05, 4.69) is 39.3 Å². The van der Waals surface area contributed by atoms with Gasteiger partial charge in [0.1, 0.15) is 5.82 Å². The van der Waals surface area contributed by atoms with E-state index in [9.17, 15) is 0 Å². The summed E-state index contributed by atoms with van der Waals surface area (Å²) in [6, 6.07) is 0. The standard InChI is InChI=1S/C16H30N6.HI/c1-6-8-16(3)9-7-10-22(12-16)15(17-4)18-11-14-20-19-13(2)21(14)5;/h6-12H2,1-5H3,(H,17,18);1H. The van der Waals surface area contributed by atoms with Crippen molar-refractivity contribution in [2.75, 3.05) is 20.1 Å². The maximum atomic E-state index is 4.46. The second-order valence-corrected chi connectivity index (χ2v) is 6.71. The number of aryl methyl sites for hydroxylation is 1. The van der Waals surface area contributed by atoms with Crippen molar-refractivity contribution in [1.82, 2.24) is 25.0 Å². The van der Waals surface area contributed by atoms with Gasteiger partial charge in [-0.25, -0.2) is 0 Å². The lowest BCUT2D eigenvalue weighted by Gasteiger charge is -2.42. The van der Waals surface area contributed by atoms with Crippen LogP contribution in [0.2, 0.25) is 0 Å². The molecule has 1 unspecified atom stereocenters. The zero-order chi connectivity index (χ0) is 16.2. The van der Waals surface area contributed by atoms with Gasteiger partial charge < -0.3 is 14.8 Å². The highest BCUT2D eigenvalue weighted by molar-refractivity contribution is 14.0. The summed E-state index contributed by atoms with van der Waals surface area (Å²) < 4.78 is 2.01. The molecule has 1 aromatic rings. The van der Waals surface area contributed by atoms with Crippen LogP contribution in [0.15, 0.2) is 4.99 Å². The molecule has 1 N–H and O–H groups in total. The third-order valence-corrected chi connectivity index (χ3v) is 4.73. The molecule has 6 nitrogen and oxygen atoms in total. The van der Waals surface area contributed by atoms with Gasteiger partial charge in [0.05, 0.1) is 6.54 Å². The Morgan fingerprint density at radius 3 is 2.70 bits per heavy atom. The monoisotopic (exact) mass is 434 g/mol. The van der Waals surface area contributed by atoms with Crippen molar-refractivity contribution < 1.29 is 0 Å². The van der Waals surface area contributed by atoms with Gasteiger partial charge in [0.2, 0.25) is 0 Å². The van der Waals surface area contributed by atoms with Crippen LogP contribution >= 0.6 is 24.0 Å². The summed E-state index contributed by atoms with van der Waals surface area (Å²) in [6.45, 7) is 9.46. The highest BCUT2D eigenvalue weighted by atomic mass is 127. The van der Waals surface area contributed by atoms with Gasteiger partial charge in [0.25, 0.3) is 0 Å². The molecule has 2 rings (SSSR count). The number of nitrogens with zero attached hydrogens (tertiary/aromatic N) is 5. The van der Waals surface area contributed by atoms with E-state index in [0.717, 1.165) is 30.7 Å². The average Bonchev–Trinajstić information content (AvgIpc) is 2.80. The molecule has 0 amide bonds. The normalized spacial score (nSPS) is 22.0. The number of hydrogen-bond donors (Lipinski definition) is 1. The molecule has 0 spiro atoms. The highest BCUT2D eigenvalue weighted by Gasteiger charge is 2.31. The predicted molar refractivity (Wildman–Crippen MR) is 105 cm³/mol. The van der Waals surface area contributed by atoms with E-state index in [0.29, 0.717) is 12.0 Å². The molecular weight excluding hydrogens is 403 g/mol. The van der Waals surface area contributed by atoms with E-state index in [1.165, 1.54) is 25.7 Å². The Labute approximate surface area is 157 Å². The molecule has 0 aliphatic carbocycles. The number of hydrogen-bond acceptors (Lipinski definition) is 3. The van der Waals surface area contributed by atoms with E-state index in [4.69, 9.17) is 0 Å². The summed E-state index contributed by atoms with van der Waals surface area (Å²) in [4.78, 5) is 6.85. The topological polar surface area (TPSA) is 58.3 Å². The fraction of sp³-hybridized carbons (Fsp3) is 0.812. The van der Waals surface area contributed by atoms with Gasteiger partial charge in [-0.05, 0) is 31.6 Å². The van der Waals surface area contributed by atoms with Gasteiger partial charge in [-0.15, -0.1) is 34.2 Å². The van der Waals surface area contributed by atoms with Gasteiger partial charge in [-0.2, -0.15) is 0 Å². The number of piperidine rings is 1. The number of aliphatic imine (C=N–C) groups is 1. The smallest absolute Gasteiger partial charge is 0.194 e. The molecule has 23 heavy (non-hydrogen) atoms. The van der Waals surface area contributed by atoms with Crippen molar-refractivity contribution in [2.24, 2.45) is 17.5 Å². The van der Waals surface area contributed by atoms with E-state index >= 15 is 0 Å². The van der Waals surface area contributed by atoms with Crippen LogP contribution in [0, 0.1) is 12.3 Å². The Morgan fingerprint density at radius 1 is 1.39 bits per heavy atom. The molecule has 1 aliphatic rings. The molecule has 0 saturated carbocycles. The molecule has 1 aromatic heterocycles. The van der Waals surface area contributed by atoms with Gasteiger partial charge in [-0.1, -0.05) is 20.3 Å². The van der Waals surface area contributed by atoms with Crippen LogP contribution in [0.4, 0.5) is 0 Å². The minimum Gasteiger partial charge on any atom is -0.349 e. The van der Waals surface area contributed by atoms with Crippen molar-refractivity contribution in [3.05, 3.63) is 11.6 Å². The van der Waals surface area contributed by atoms with Gasteiger partial charge in [-0.3, -0.25) is 4.99 Å². The molecule has 1 fully saturated rings. The second kappa shape index (κ2) is 8.84. The summed E-state index contributed by atoms with van der Waals surface area (Å²) in [5.74, 6) is 2.84. The van der Waals surface area contributed by atoms with Crippen molar-refractivity contribution >= 4 is 29.9 Å². The number of halogens is 1. The van der Waals surface area contributed by atoms with Crippen molar-refractivity contribution in [3.8, 4) is 0 Å². The number of likely N-dealkylation sites (tertiary alicyclic amines) is 1. The lowest BCUT2D eigenvalue weighted by atomic mass is 9.78. The summed E-state index contributed by atoms with van der Waals surface area (Å²) in [5, 5.41) is 11.7. The molecule has 132 valence electrons. The SMILES string of the molecule is CCCC1(C)CCCN(C(=NC)NCc2nnc(C)n2C)C1.I. The zero-order valence-electron chi connectivity index (χ0n) is 15.1. The van der Waals surface area contributed by atoms with Crippen LogP contribution in [0.5, 0.6) is 0 Å². The zero-order valence-corrected chi connectivity index (χ0v) is 17.4. The van der Waals surface area contributed by atoms with Gasteiger partial charge >= 0.3 is 0 Å². The summed E-state index contributed by atoms with van der Waals surface area (Å²) in [7, 11) is 3.85. The Bertz CT molecular complexity index is 523. The maximum Gasteiger partial charge on any atom is 0.194 e. The van der Waals surface area contributed by atoms with Crippen molar-refractivity contribution in [2.45, 2.75) is 53.0 Å². The fourth-order valence-electron chi connectivity index (χ4n) is 3.40. The first-order chi connectivity index (χ1) is 10.5. The Kier molecular flexibility index (Phi) is 7.76. The molecule has 2 heterocycles. The average molecular weight is 434 g/mol. The number of aromatic nitrogens is 3. The largest absolute Gasteiger partial charge is 0.349 e.